The van der Waals surface area contributed by atoms with Crippen molar-refractivity contribution in [2.24, 2.45) is 0 Å². The number of piperidine rings is 1. The summed E-state index contributed by atoms with van der Waals surface area (Å²) >= 11 is 0. The summed E-state index contributed by atoms with van der Waals surface area (Å²) < 4.78 is 43.3. The molecule has 2 aromatic rings. The second-order valence-corrected chi connectivity index (χ2v) is 10.8. The Bertz CT molecular complexity index is 1380. The van der Waals surface area contributed by atoms with Gasteiger partial charge in [0.15, 0.2) is 0 Å². The standard InChI is InChI=1S/C31H33F3N4O4/c32-31(33,34)24-6-8-25(9-7-24)42-19-2-1-13-36-15-17-37(18-16-36)14-3-4-22-5-10-26-23(20-22)21-38(30(26)41)27-11-12-28(39)35-29(27)40/h5-10,20,27H,3-4,11-19,21H2,(H,35,39,40). The maximum atomic E-state index is 12.9. The fourth-order valence-electron chi connectivity index (χ4n) is 5.54. The van der Waals surface area contributed by atoms with Crippen LogP contribution in [-0.2, 0) is 28.7 Å². The number of amides is 3. The molecule has 3 aliphatic heterocycles. The van der Waals surface area contributed by atoms with Crippen LogP contribution in [0.1, 0.15) is 46.3 Å². The summed E-state index contributed by atoms with van der Waals surface area (Å²) in [5.74, 6) is 5.52. The van der Waals surface area contributed by atoms with Gasteiger partial charge in [0.2, 0.25) is 11.8 Å². The smallest absolute Gasteiger partial charge is 0.416 e. The van der Waals surface area contributed by atoms with Crippen LogP contribution < -0.4 is 10.1 Å². The number of hydrogen-bond acceptors (Lipinski definition) is 6. The van der Waals surface area contributed by atoms with Crippen molar-refractivity contribution < 1.29 is 32.3 Å². The van der Waals surface area contributed by atoms with E-state index in [9.17, 15) is 27.6 Å². The van der Waals surface area contributed by atoms with Crippen molar-refractivity contribution in [2.45, 2.75) is 44.4 Å². The summed E-state index contributed by atoms with van der Waals surface area (Å²) in [6.45, 7) is 5.81. The topological polar surface area (TPSA) is 82.2 Å². The average Bonchev–Trinajstić information content (AvgIpc) is 3.28. The first kappa shape index (κ1) is 29.6. The predicted octanol–water partition coefficient (Wildman–Crippen LogP) is 3.10. The molecule has 222 valence electrons. The second kappa shape index (κ2) is 13.0. The maximum Gasteiger partial charge on any atom is 0.416 e. The van der Waals surface area contributed by atoms with Crippen molar-refractivity contribution >= 4 is 17.7 Å². The van der Waals surface area contributed by atoms with Gasteiger partial charge < -0.3 is 14.5 Å². The molecule has 3 heterocycles. The predicted molar refractivity (Wildman–Crippen MR) is 148 cm³/mol. The molecule has 0 radical (unpaired) electrons. The Morgan fingerprint density at radius 3 is 2.40 bits per heavy atom. The Hall–Kier alpha value is -3.88. The zero-order valence-corrected chi connectivity index (χ0v) is 23.2. The monoisotopic (exact) mass is 582 g/mol. The first-order valence-electron chi connectivity index (χ1n) is 14.1. The Kier molecular flexibility index (Phi) is 9.14. The number of nitrogens with one attached hydrogen (secondary N) is 1. The zero-order chi connectivity index (χ0) is 29.7. The number of hydrogen-bond donors (Lipinski definition) is 1. The van der Waals surface area contributed by atoms with E-state index in [-0.39, 0.29) is 24.8 Å². The molecule has 1 N–H and O–H groups in total. The number of rotatable bonds is 8. The Morgan fingerprint density at radius 1 is 0.952 bits per heavy atom. The van der Waals surface area contributed by atoms with Crippen LogP contribution in [0, 0.1) is 11.8 Å². The van der Waals surface area contributed by atoms with Gasteiger partial charge in [0.05, 0.1) is 12.1 Å². The molecular weight excluding hydrogens is 549 g/mol. The lowest BCUT2D eigenvalue weighted by Crippen LogP contribution is -2.52. The number of carbonyl (C=O) groups excluding carboxylic acids is 3. The number of piperazine rings is 1. The van der Waals surface area contributed by atoms with Gasteiger partial charge in [0.25, 0.3) is 5.91 Å². The summed E-state index contributed by atoms with van der Waals surface area (Å²) in [5, 5.41) is 2.33. The van der Waals surface area contributed by atoms with Gasteiger partial charge in [-0.3, -0.25) is 24.6 Å². The molecule has 3 amide bonds. The lowest BCUT2D eigenvalue weighted by atomic mass is 10.0. The summed E-state index contributed by atoms with van der Waals surface area (Å²) in [4.78, 5) is 42.9. The number of benzene rings is 2. The number of nitrogens with zero attached hydrogens (tertiary/aromatic N) is 3. The van der Waals surface area contributed by atoms with Crippen LogP contribution >= 0.6 is 0 Å². The van der Waals surface area contributed by atoms with E-state index in [1.54, 1.807) is 4.90 Å². The van der Waals surface area contributed by atoms with Crippen LogP contribution in [0.2, 0.25) is 0 Å². The van der Waals surface area contributed by atoms with Gasteiger partial charge in [-0.25, -0.2) is 0 Å². The third-order valence-corrected chi connectivity index (χ3v) is 7.91. The van der Waals surface area contributed by atoms with Crippen molar-refractivity contribution in [3.8, 4) is 17.6 Å². The molecule has 0 aliphatic carbocycles. The molecule has 11 heteroatoms. The molecule has 0 saturated carbocycles. The Morgan fingerprint density at radius 2 is 1.69 bits per heavy atom. The molecule has 0 aromatic heterocycles. The fourth-order valence-corrected chi connectivity index (χ4v) is 5.54. The molecule has 2 aromatic carbocycles. The summed E-state index contributed by atoms with van der Waals surface area (Å²) in [7, 11) is 0. The number of carbonyl (C=O) groups is 3. The van der Waals surface area contributed by atoms with E-state index < -0.39 is 23.7 Å². The SMILES string of the molecule is O=C1CCC(N2Cc3cc(CCCN4CCN(CC#CCOc5ccc(C(F)(F)F)cc5)CC4)ccc3C2=O)C(=O)N1. The third-order valence-electron chi connectivity index (χ3n) is 7.91. The first-order chi connectivity index (χ1) is 20.2. The zero-order valence-electron chi connectivity index (χ0n) is 23.2. The fraction of sp³-hybridized carbons (Fsp3) is 0.452. The van der Waals surface area contributed by atoms with E-state index in [4.69, 9.17) is 4.74 Å². The van der Waals surface area contributed by atoms with Crippen molar-refractivity contribution in [3.63, 3.8) is 0 Å². The van der Waals surface area contributed by atoms with E-state index in [1.165, 1.54) is 17.7 Å². The minimum Gasteiger partial charge on any atom is -0.481 e. The quantitative estimate of drug-likeness (QED) is 0.381. The number of ether oxygens (including phenoxy) is 1. The summed E-state index contributed by atoms with van der Waals surface area (Å²) in [6.07, 6.45) is -1.88. The van der Waals surface area contributed by atoms with Crippen LogP contribution in [0.5, 0.6) is 5.75 Å². The van der Waals surface area contributed by atoms with Gasteiger partial charge in [-0.1, -0.05) is 24.0 Å². The van der Waals surface area contributed by atoms with E-state index in [1.807, 2.05) is 12.1 Å². The summed E-state index contributed by atoms with van der Waals surface area (Å²) in [6, 6.07) is 9.90. The van der Waals surface area contributed by atoms with Crippen molar-refractivity contribution in [3.05, 3.63) is 64.7 Å². The summed E-state index contributed by atoms with van der Waals surface area (Å²) in [5.41, 5.74) is 2.02. The Balaban J connectivity index is 0.988. The molecule has 8 nitrogen and oxygen atoms in total. The van der Waals surface area contributed by atoms with Gasteiger partial charge in [-0.2, -0.15) is 13.2 Å². The minimum atomic E-state index is -4.36. The molecule has 1 atom stereocenters. The second-order valence-electron chi connectivity index (χ2n) is 10.8. The van der Waals surface area contributed by atoms with Gasteiger partial charge in [-0.05, 0) is 67.3 Å². The highest BCUT2D eigenvalue weighted by Gasteiger charge is 2.39. The van der Waals surface area contributed by atoms with E-state index in [0.717, 1.165) is 63.3 Å². The van der Waals surface area contributed by atoms with Gasteiger partial charge in [-0.15, -0.1) is 0 Å². The molecule has 5 rings (SSSR count). The normalized spacial score (nSPS) is 19.7. The molecule has 42 heavy (non-hydrogen) atoms. The first-order valence-corrected chi connectivity index (χ1v) is 14.1. The van der Waals surface area contributed by atoms with Gasteiger partial charge in [0, 0.05) is 44.7 Å². The average molecular weight is 583 g/mol. The van der Waals surface area contributed by atoms with Crippen LogP contribution in [0.4, 0.5) is 13.2 Å². The minimum absolute atomic E-state index is 0.122. The number of imide groups is 1. The van der Waals surface area contributed by atoms with Crippen molar-refractivity contribution in [2.75, 3.05) is 45.9 Å². The highest BCUT2D eigenvalue weighted by atomic mass is 19.4. The van der Waals surface area contributed by atoms with Crippen LogP contribution in [-0.4, -0.2) is 84.3 Å². The number of aryl methyl sites for hydroxylation is 1. The van der Waals surface area contributed by atoms with Gasteiger partial charge in [0.1, 0.15) is 18.4 Å². The lowest BCUT2D eigenvalue weighted by molar-refractivity contribution is -0.138. The maximum absolute atomic E-state index is 12.9. The van der Waals surface area contributed by atoms with Crippen LogP contribution in [0.15, 0.2) is 42.5 Å². The highest BCUT2D eigenvalue weighted by molar-refractivity contribution is 6.05. The van der Waals surface area contributed by atoms with Gasteiger partial charge >= 0.3 is 6.18 Å². The number of alkyl halides is 3. The van der Waals surface area contributed by atoms with E-state index in [0.29, 0.717) is 30.8 Å². The molecule has 2 fully saturated rings. The molecule has 0 bridgehead atoms. The molecule has 1 unspecified atom stereocenters. The van der Waals surface area contributed by atoms with Crippen molar-refractivity contribution in [1.82, 2.24) is 20.0 Å². The molecule has 2 saturated heterocycles. The highest BCUT2D eigenvalue weighted by Crippen LogP contribution is 2.30. The molecule has 0 spiro atoms. The molecular formula is C31H33F3N4O4. The number of halogens is 3. The third kappa shape index (κ3) is 7.30. The van der Waals surface area contributed by atoms with Crippen LogP contribution in [0.3, 0.4) is 0 Å². The lowest BCUT2D eigenvalue weighted by Gasteiger charge is -2.33. The van der Waals surface area contributed by atoms with E-state index >= 15 is 0 Å². The Labute approximate surface area is 242 Å². The van der Waals surface area contributed by atoms with Crippen molar-refractivity contribution in [1.29, 1.82) is 0 Å². The van der Waals surface area contributed by atoms with Crippen LogP contribution in [0.25, 0.3) is 0 Å². The van der Waals surface area contributed by atoms with E-state index in [2.05, 4.69) is 33.0 Å². The molecule has 3 aliphatic rings. The number of fused-ring (bicyclic) bond motifs is 1. The largest absolute Gasteiger partial charge is 0.481 e.